The molecule has 2 aromatic rings. The van der Waals surface area contributed by atoms with Crippen molar-refractivity contribution >= 4 is 5.91 Å². The summed E-state index contributed by atoms with van der Waals surface area (Å²) >= 11 is 0. The largest absolute Gasteiger partial charge is 0.364 e. The second-order valence-electron chi connectivity index (χ2n) is 4.02. The minimum absolute atomic E-state index is 0.117. The van der Waals surface area contributed by atoms with Crippen LogP contribution in [0.25, 0.3) is 0 Å². The van der Waals surface area contributed by atoms with E-state index in [4.69, 9.17) is 0 Å². The lowest BCUT2D eigenvalue weighted by Crippen LogP contribution is -2.29. The van der Waals surface area contributed by atoms with Crippen molar-refractivity contribution in [2.75, 3.05) is 0 Å². The van der Waals surface area contributed by atoms with Gasteiger partial charge in [0.05, 0.1) is 11.7 Å². The van der Waals surface area contributed by atoms with Crippen molar-refractivity contribution in [3.8, 4) is 0 Å². The Morgan fingerprint density at radius 1 is 1.44 bits per heavy atom. The van der Waals surface area contributed by atoms with Crippen molar-refractivity contribution in [3.63, 3.8) is 0 Å². The van der Waals surface area contributed by atoms with Crippen LogP contribution in [0.3, 0.4) is 0 Å². The van der Waals surface area contributed by atoms with Gasteiger partial charge in [0.15, 0.2) is 5.69 Å². The van der Waals surface area contributed by atoms with E-state index in [1.165, 1.54) is 12.3 Å². The fourth-order valence-electron chi connectivity index (χ4n) is 1.71. The molecule has 5 nitrogen and oxygen atoms in total. The van der Waals surface area contributed by atoms with Crippen LogP contribution >= 0.6 is 0 Å². The highest BCUT2D eigenvalue weighted by molar-refractivity contribution is 5.92. The number of aromatic nitrogens is 2. The second-order valence-corrected chi connectivity index (χ2v) is 4.02. The third-order valence-electron chi connectivity index (χ3n) is 2.65. The molecule has 0 aliphatic carbocycles. The zero-order chi connectivity index (χ0) is 13.0. The molecule has 0 aromatic carbocycles. The molecule has 2 heterocycles. The molecule has 0 saturated heterocycles. The van der Waals surface area contributed by atoms with Gasteiger partial charge in [-0.2, -0.15) is 0 Å². The molecule has 0 bridgehead atoms. The standard InChI is InChI=1S/C13H15N3O2/c1-3-10(11-6-4-5-9(2)14-11)15-13(17)12-7-8-18-16-12/h4-8,10H,3H2,1-2H3,(H,15,17)/t10-/m1/s1. The first-order chi connectivity index (χ1) is 8.70. The van der Waals surface area contributed by atoms with Crippen LogP contribution in [0.5, 0.6) is 0 Å². The summed E-state index contributed by atoms with van der Waals surface area (Å²) in [4.78, 5) is 16.3. The molecule has 0 aliphatic rings. The van der Waals surface area contributed by atoms with Crippen molar-refractivity contribution in [2.45, 2.75) is 26.3 Å². The van der Waals surface area contributed by atoms with E-state index in [1.54, 1.807) is 0 Å². The molecular weight excluding hydrogens is 230 g/mol. The van der Waals surface area contributed by atoms with Gasteiger partial charge in [0.25, 0.3) is 5.91 Å². The molecule has 2 aromatic heterocycles. The zero-order valence-corrected chi connectivity index (χ0v) is 10.4. The Balaban J connectivity index is 2.13. The maximum Gasteiger partial charge on any atom is 0.273 e. The monoisotopic (exact) mass is 245 g/mol. The number of carbonyl (C=O) groups excluding carboxylic acids is 1. The van der Waals surface area contributed by atoms with E-state index in [0.717, 1.165) is 17.8 Å². The van der Waals surface area contributed by atoms with Crippen LogP contribution in [0, 0.1) is 6.92 Å². The van der Waals surface area contributed by atoms with Crippen molar-refractivity contribution < 1.29 is 9.32 Å². The van der Waals surface area contributed by atoms with Crippen molar-refractivity contribution in [2.24, 2.45) is 0 Å². The molecule has 0 radical (unpaired) electrons. The average Bonchev–Trinajstić information content (AvgIpc) is 2.89. The van der Waals surface area contributed by atoms with Crippen LogP contribution in [0.2, 0.25) is 0 Å². The molecular formula is C13H15N3O2. The first-order valence-electron chi connectivity index (χ1n) is 5.85. The Morgan fingerprint density at radius 3 is 2.89 bits per heavy atom. The Kier molecular flexibility index (Phi) is 3.72. The summed E-state index contributed by atoms with van der Waals surface area (Å²) in [7, 11) is 0. The van der Waals surface area contributed by atoms with Crippen LogP contribution < -0.4 is 5.32 Å². The molecule has 94 valence electrons. The van der Waals surface area contributed by atoms with Gasteiger partial charge >= 0.3 is 0 Å². The van der Waals surface area contributed by atoms with Crippen LogP contribution in [-0.2, 0) is 0 Å². The molecule has 0 fully saturated rings. The Labute approximate surface area is 105 Å². The summed E-state index contributed by atoms with van der Waals surface area (Å²) in [5.41, 5.74) is 2.07. The predicted octanol–water partition coefficient (Wildman–Crippen LogP) is 2.26. The normalized spacial score (nSPS) is 12.1. The number of aryl methyl sites for hydroxylation is 1. The second kappa shape index (κ2) is 5.44. The molecule has 0 saturated carbocycles. The smallest absolute Gasteiger partial charge is 0.273 e. The lowest BCUT2D eigenvalue weighted by Gasteiger charge is -2.15. The third-order valence-corrected chi connectivity index (χ3v) is 2.65. The van der Waals surface area contributed by atoms with Gasteiger partial charge in [-0.05, 0) is 25.5 Å². The predicted molar refractivity (Wildman–Crippen MR) is 66.0 cm³/mol. The topological polar surface area (TPSA) is 68.0 Å². The number of carbonyl (C=O) groups is 1. The molecule has 2 rings (SSSR count). The molecule has 1 amide bonds. The van der Waals surface area contributed by atoms with E-state index in [0.29, 0.717) is 0 Å². The summed E-state index contributed by atoms with van der Waals surface area (Å²) in [6.07, 6.45) is 2.14. The number of hydrogen-bond acceptors (Lipinski definition) is 4. The zero-order valence-electron chi connectivity index (χ0n) is 10.4. The van der Waals surface area contributed by atoms with E-state index < -0.39 is 0 Å². The third kappa shape index (κ3) is 2.74. The van der Waals surface area contributed by atoms with E-state index in [2.05, 4.69) is 20.0 Å². The maximum absolute atomic E-state index is 11.9. The number of amides is 1. The quantitative estimate of drug-likeness (QED) is 0.897. The summed E-state index contributed by atoms with van der Waals surface area (Å²) in [5, 5.41) is 6.50. The Hall–Kier alpha value is -2.17. The Morgan fingerprint density at radius 2 is 2.28 bits per heavy atom. The summed E-state index contributed by atoms with van der Waals surface area (Å²) in [6.45, 7) is 3.92. The highest BCUT2D eigenvalue weighted by Crippen LogP contribution is 2.15. The fraction of sp³-hybridized carbons (Fsp3) is 0.308. The van der Waals surface area contributed by atoms with E-state index in [1.807, 2.05) is 32.0 Å². The minimum Gasteiger partial charge on any atom is -0.364 e. The van der Waals surface area contributed by atoms with Gasteiger partial charge in [-0.1, -0.05) is 18.1 Å². The Bertz CT molecular complexity index is 523. The van der Waals surface area contributed by atoms with Crippen LogP contribution in [0.1, 0.15) is 41.3 Å². The number of hydrogen-bond donors (Lipinski definition) is 1. The molecule has 5 heteroatoms. The van der Waals surface area contributed by atoms with E-state index >= 15 is 0 Å². The van der Waals surface area contributed by atoms with Crippen molar-refractivity contribution in [3.05, 3.63) is 47.6 Å². The van der Waals surface area contributed by atoms with Crippen molar-refractivity contribution in [1.82, 2.24) is 15.5 Å². The number of pyridine rings is 1. The SMILES string of the molecule is CC[C@@H](NC(=O)c1ccon1)c1cccc(C)n1. The van der Waals surface area contributed by atoms with Gasteiger partial charge in [0, 0.05) is 11.8 Å². The van der Waals surface area contributed by atoms with E-state index in [-0.39, 0.29) is 17.6 Å². The highest BCUT2D eigenvalue weighted by atomic mass is 16.5. The van der Waals surface area contributed by atoms with Crippen LogP contribution in [0.15, 0.2) is 35.1 Å². The van der Waals surface area contributed by atoms with Gasteiger partial charge in [0.1, 0.15) is 6.26 Å². The van der Waals surface area contributed by atoms with E-state index in [9.17, 15) is 4.79 Å². The lowest BCUT2D eigenvalue weighted by atomic mass is 10.1. The maximum atomic E-state index is 11.9. The molecule has 0 aliphatic heterocycles. The lowest BCUT2D eigenvalue weighted by molar-refractivity contribution is 0.0925. The van der Waals surface area contributed by atoms with Crippen LogP contribution in [0.4, 0.5) is 0 Å². The number of nitrogens with one attached hydrogen (secondary N) is 1. The highest BCUT2D eigenvalue weighted by Gasteiger charge is 2.16. The number of rotatable bonds is 4. The van der Waals surface area contributed by atoms with Gasteiger partial charge in [-0.25, -0.2) is 0 Å². The van der Waals surface area contributed by atoms with Crippen LogP contribution in [-0.4, -0.2) is 16.0 Å². The number of nitrogens with zero attached hydrogens (tertiary/aromatic N) is 2. The summed E-state index contributed by atoms with van der Waals surface area (Å²) in [5.74, 6) is -0.251. The molecule has 1 N–H and O–H groups in total. The average molecular weight is 245 g/mol. The van der Waals surface area contributed by atoms with Crippen molar-refractivity contribution in [1.29, 1.82) is 0 Å². The molecule has 1 atom stereocenters. The minimum atomic E-state index is -0.251. The molecule has 0 spiro atoms. The first-order valence-corrected chi connectivity index (χ1v) is 5.85. The molecule has 0 unspecified atom stereocenters. The van der Waals surface area contributed by atoms with Gasteiger partial charge in [-0.3, -0.25) is 9.78 Å². The molecule has 18 heavy (non-hydrogen) atoms. The summed E-state index contributed by atoms with van der Waals surface area (Å²) < 4.78 is 4.65. The fourth-order valence-corrected chi connectivity index (χ4v) is 1.71. The van der Waals surface area contributed by atoms with Gasteiger partial charge in [-0.15, -0.1) is 0 Å². The van der Waals surface area contributed by atoms with Gasteiger partial charge < -0.3 is 9.84 Å². The van der Waals surface area contributed by atoms with Gasteiger partial charge in [0.2, 0.25) is 0 Å². The first kappa shape index (κ1) is 12.3. The summed E-state index contributed by atoms with van der Waals surface area (Å²) in [6, 6.07) is 7.18.